The van der Waals surface area contributed by atoms with E-state index < -0.39 is 12.7 Å². The Morgan fingerprint density at radius 3 is 2.62 bits per heavy atom. The lowest BCUT2D eigenvalue weighted by molar-refractivity contribution is -0.139. The topological polar surface area (TPSA) is 67.2 Å². The first-order chi connectivity index (χ1) is 18.7. The number of ether oxygens (including phenoxy) is 1. The van der Waals surface area contributed by atoms with Crippen LogP contribution in [0.3, 0.4) is 0 Å². The molecule has 2 aromatic carbocycles. The number of piperidine rings is 1. The van der Waals surface area contributed by atoms with Crippen LogP contribution < -0.4 is 15.4 Å². The SMILES string of the molecule is COc1cc(SC)ccc1NCc1nnc(-c2cc3c(NC4CCN(C)CC4)cccc3n2CC(F)(F)F)s1. The fourth-order valence-corrected chi connectivity index (χ4v) is 6.09. The van der Waals surface area contributed by atoms with Crippen LogP contribution in [-0.4, -0.2) is 65.4 Å². The molecule has 7 nitrogen and oxygen atoms in total. The van der Waals surface area contributed by atoms with Crippen molar-refractivity contribution in [2.45, 2.75) is 43.0 Å². The summed E-state index contributed by atoms with van der Waals surface area (Å²) in [4.78, 5) is 3.37. The summed E-state index contributed by atoms with van der Waals surface area (Å²) in [6.45, 7) is 1.25. The maximum Gasteiger partial charge on any atom is 0.406 e. The number of halogens is 3. The summed E-state index contributed by atoms with van der Waals surface area (Å²) < 4.78 is 47.9. The summed E-state index contributed by atoms with van der Waals surface area (Å²) in [7, 11) is 3.72. The molecule has 0 radical (unpaired) electrons. The summed E-state index contributed by atoms with van der Waals surface area (Å²) in [5.74, 6) is 0.710. The van der Waals surface area contributed by atoms with E-state index in [-0.39, 0.29) is 6.04 Å². The third kappa shape index (κ3) is 6.44. The van der Waals surface area contributed by atoms with Crippen molar-refractivity contribution in [1.82, 2.24) is 19.7 Å². The second-order valence-electron chi connectivity index (χ2n) is 9.61. The van der Waals surface area contributed by atoms with Gasteiger partial charge < -0.3 is 24.8 Å². The largest absolute Gasteiger partial charge is 0.495 e. The van der Waals surface area contributed by atoms with Gasteiger partial charge in [-0.3, -0.25) is 0 Å². The van der Waals surface area contributed by atoms with E-state index in [4.69, 9.17) is 4.74 Å². The number of alkyl halides is 3. The minimum atomic E-state index is -4.38. The summed E-state index contributed by atoms with van der Waals surface area (Å²) in [6.07, 6.45) is -0.412. The van der Waals surface area contributed by atoms with Crippen molar-refractivity contribution in [3.05, 3.63) is 47.5 Å². The molecule has 0 amide bonds. The first kappa shape index (κ1) is 27.6. The molecule has 2 N–H and O–H groups in total. The van der Waals surface area contributed by atoms with Gasteiger partial charge in [-0.05, 0) is 75.6 Å². The number of anilines is 2. The lowest BCUT2D eigenvalue weighted by Gasteiger charge is -2.30. The number of aromatic nitrogens is 3. The number of methoxy groups -OCH3 is 1. The Morgan fingerprint density at radius 1 is 1.10 bits per heavy atom. The fraction of sp³-hybridized carbons (Fsp3) is 0.407. The summed E-state index contributed by atoms with van der Waals surface area (Å²) in [5, 5.41) is 17.3. The van der Waals surface area contributed by atoms with Gasteiger partial charge in [0.2, 0.25) is 0 Å². The first-order valence-corrected chi connectivity index (χ1v) is 14.7. The van der Waals surface area contributed by atoms with E-state index in [1.54, 1.807) is 37.1 Å². The molecule has 3 heterocycles. The van der Waals surface area contributed by atoms with Gasteiger partial charge in [-0.1, -0.05) is 17.4 Å². The average molecular weight is 577 g/mol. The van der Waals surface area contributed by atoms with Crippen LogP contribution in [-0.2, 0) is 13.1 Å². The quantitative estimate of drug-likeness (QED) is 0.219. The number of thioether (sulfide) groups is 1. The number of benzene rings is 2. The minimum absolute atomic E-state index is 0.280. The molecule has 4 aromatic rings. The van der Waals surface area contributed by atoms with Crippen molar-refractivity contribution in [3.8, 4) is 16.5 Å². The molecular formula is C27H31F3N6OS2. The van der Waals surface area contributed by atoms with Gasteiger partial charge in [0.15, 0.2) is 5.01 Å². The Morgan fingerprint density at radius 2 is 1.90 bits per heavy atom. The fourth-order valence-electron chi connectivity index (χ4n) is 4.85. The van der Waals surface area contributed by atoms with Crippen molar-refractivity contribution >= 4 is 45.4 Å². The average Bonchev–Trinajstić information content (AvgIpc) is 3.53. The molecule has 39 heavy (non-hydrogen) atoms. The molecule has 1 saturated heterocycles. The van der Waals surface area contributed by atoms with Gasteiger partial charge in [-0.15, -0.1) is 22.0 Å². The van der Waals surface area contributed by atoms with Gasteiger partial charge in [-0.2, -0.15) is 13.2 Å². The summed E-state index contributed by atoms with van der Waals surface area (Å²) in [6, 6.07) is 13.4. The second-order valence-corrected chi connectivity index (χ2v) is 11.6. The van der Waals surface area contributed by atoms with Gasteiger partial charge in [0.25, 0.3) is 0 Å². The molecule has 1 aliphatic heterocycles. The van der Waals surface area contributed by atoms with Crippen molar-refractivity contribution < 1.29 is 17.9 Å². The monoisotopic (exact) mass is 576 g/mol. The van der Waals surface area contributed by atoms with Crippen LogP contribution in [0.2, 0.25) is 0 Å². The third-order valence-electron chi connectivity index (χ3n) is 6.89. The number of hydrogen-bond acceptors (Lipinski definition) is 8. The summed E-state index contributed by atoms with van der Waals surface area (Å²) >= 11 is 2.90. The van der Waals surface area contributed by atoms with Crippen LogP contribution in [0, 0.1) is 0 Å². The summed E-state index contributed by atoms with van der Waals surface area (Å²) in [5.41, 5.74) is 2.58. The maximum atomic E-state index is 13.7. The predicted molar refractivity (Wildman–Crippen MR) is 153 cm³/mol. The highest BCUT2D eigenvalue weighted by molar-refractivity contribution is 7.98. The molecule has 208 valence electrons. The van der Waals surface area contributed by atoms with Crippen LogP contribution >= 0.6 is 23.1 Å². The highest BCUT2D eigenvalue weighted by atomic mass is 32.2. The Balaban J connectivity index is 1.43. The van der Waals surface area contributed by atoms with E-state index in [2.05, 4.69) is 32.8 Å². The van der Waals surface area contributed by atoms with Crippen LogP contribution in [0.5, 0.6) is 5.75 Å². The molecule has 12 heteroatoms. The Kier molecular flexibility index (Phi) is 8.24. The van der Waals surface area contributed by atoms with Gasteiger partial charge in [0.1, 0.15) is 17.3 Å². The van der Waals surface area contributed by atoms with Gasteiger partial charge in [0, 0.05) is 22.0 Å². The smallest absolute Gasteiger partial charge is 0.406 e. The first-order valence-electron chi connectivity index (χ1n) is 12.7. The molecule has 1 aliphatic rings. The van der Waals surface area contributed by atoms with Crippen LogP contribution in [0.15, 0.2) is 47.4 Å². The predicted octanol–water partition coefficient (Wildman–Crippen LogP) is 6.57. The van der Waals surface area contributed by atoms with Gasteiger partial charge >= 0.3 is 6.18 Å². The normalized spacial score (nSPS) is 15.1. The van der Waals surface area contributed by atoms with Crippen molar-refractivity contribution in [2.75, 3.05) is 44.1 Å². The standard InChI is InChI=1S/C27H31F3N6OS2/c1-35-11-9-17(10-12-35)32-20-5-4-6-22-19(20)14-23(36(22)16-27(28,29)30)26-34-33-25(39-26)15-31-21-8-7-18(38-3)13-24(21)37-2/h4-8,13-14,17,31-32H,9-12,15-16H2,1-3H3. The molecule has 0 spiro atoms. The van der Waals surface area contributed by atoms with Crippen LogP contribution in [0.1, 0.15) is 17.8 Å². The third-order valence-corrected chi connectivity index (χ3v) is 8.56. The van der Waals surface area contributed by atoms with Crippen molar-refractivity contribution in [1.29, 1.82) is 0 Å². The van der Waals surface area contributed by atoms with E-state index in [0.717, 1.165) is 47.6 Å². The Hall–Kier alpha value is -2.96. The van der Waals surface area contributed by atoms with E-state index in [9.17, 15) is 13.2 Å². The number of rotatable bonds is 9. The molecule has 0 saturated carbocycles. The zero-order valence-corrected chi connectivity index (χ0v) is 23.6. The molecule has 0 bridgehead atoms. The molecule has 0 unspecified atom stereocenters. The van der Waals surface area contributed by atoms with Crippen molar-refractivity contribution in [3.63, 3.8) is 0 Å². The zero-order valence-electron chi connectivity index (χ0n) is 22.0. The van der Waals surface area contributed by atoms with Crippen molar-refractivity contribution in [2.24, 2.45) is 0 Å². The second kappa shape index (κ2) is 11.6. The van der Waals surface area contributed by atoms with E-state index in [1.807, 2.05) is 30.5 Å². The maximum absolute atomic E-state index is 13.7. The number of hydrogen-bond donors (Lipinski definition) is 2. The van der Waals surface area contributed by atoms with Crippen LogP contribution in [0.4, 0.5) is 24.5 Å². The van der Waals surface area contributed by atoms with Gasteiger partial charge in [-0.25, -0.2) is 0 Å². The highest BCUT2D eigenvalue weighted by Crippen LogP contribution is 2.37. The number of likely N-dealkylation sites (tertiary alicyclic amines) is 1. The highest BCUT2D eigenvalue weighted by Gasteiger charge is 2.31. The minimum Gasteiger partial charge on any atom is -0.495 e. The molecule has 0 aliphatic carbocycles. The van der Waals surface area contributed by atoms with E-state index >= 15 is 0 Å². The van der Waals surface area contributed by atoms with Gasteiger partial charge in [0.05, 0.1) is 30.6 Å². The molecule has 5 rings (SSSR count). The van der Waals surface area contributed by atoms with E-state index in [0.29, 0.717) is 33.5 Å². The number of fused-ring (bicyclic) bond motifs is 1. The number of nitrogens with one attached hydrogen (secondary N) is 2. The molecular weight excluding hydrogens is 545 g/mol. The lowest BCUT2D eigenvalue weighted by atomic mass is 10.0. The Labute approximate surface area is 233 Å². The lowest BCUT2D eigenvalue weighted by Crippen LogP contribution is -2.36. The molecule has 2 aromatic heterocycles. The van der Waals surface area contributed by atoms with E-state index in [1.165, 1.54) is 15.9 Å². The Bertz CT molecular complexity index is 1430. The van der Waals surface area contributed by atoms with Crippen LogP contribution in [0.25, 0.3) is 21.6 Å². The number of nitrogens with zero attached hydrogens (tertiary/aromatic N) is 4. The zero-order chi connectivity index (χ0) is 27.6. The molecule has 1 fully saturated rings. The molecule has 0 atom stereocenters.